The third-order valence-electron chi connectivity index (χ3n) is 3.42. The molecule has 2 aromatic rings. The molecule has 0 unspecified atom stereocenters. The first-order chi connectivity index (χ1) is 12.0. The molecule has 0 aliphatic rings. The van der Waals surface area contributed by atoms with Crippen LogP contribution in [0.3, 0.4) is 0 Å². The molecule has 0 bridgehead atoms. The molecule has 0 saturated heterocycles. The summed E-state index contributed by atoms with van der Waals surface area (Å²) in [5.74, 6) is 0.514. The second kappa shape index (κ2) is 8.58. The lowest BCUT2D eigenvalue weighted by Gasteiger charge is -2.12. The van der Waals surface area contributed by atoms with Crippen LogP contribution in [0.1, 0.15) is 15.9 Å². The van der Waals surface area contributed by atoms with Gasteiger partial charge >= 0.3 is 0 Å². The molecule has 0 saturated carbocycles. The summed E-state index contributed by atoms with van der Waals surface area (Å²) in [6.45, 7) is 1.66. The molecule has 132 valence electrons. The molecular weight excluding hydrogens is 324 g/mol. The monoisotopic (exact) mass is 344 g/mol. The summed E-state index contributed by atoms with van der Waals surface area (Å²) in [6, 6.07) is 12.1. The molecule has 7 heteroatoms. The number of ether oxygens (including phenoxy) is 3. The number of hydrazine groups is 1. The topological polar surface area (TPSA) is 85.9 Å². The normalized spacial score (nSPS) is 9.88. The number of methoxy groups -OCH3 is 2. The number of hydrogen-bond acceptors (Lipinski definition) is 5. The maximum absolute atomic E-state index is 12.2. The fourth-order valence-electron chi connectivity index (χ4n) is 2.08. The van der Waals surface area contributed by atoms with E-state index in [-0.39, 0.29) is 12.2 Å². The smallest absolute Gasteiger partial charge is 0.276 e. The van der Waals surface area contributed by atoms with Crippen molar-refractivity contribution in [1.82, 2.24) is 10.9 Å². The Morgan fingerprint density at radius 1 is 0.960 bits per heavy atom. The molecule has 0 heterocycles. The number of amides is 2. The highest BCUT2D eigenvalue weighted by atomic mass is 16.5. The Bertz CT molecular complexity index is 761. The summed E-state index contributed by atoms with van der Waals surface area (Å²) < 4.78 is 15.6. The van der Waals surface area contributed by atoms with Crippen molar-refractivity contribution in [2.45, 2.75) is 6.92 Å². The van der Waals surface area contributed by atoms with Crippen molar-refractivity contribution in [3.8, 4) is 17.2 Å². The first kappa shape index (κ1) is 18.1. The molecule has 2 aromatic carbocycles. The van der Waals surface area contributed by atoms with Gasteiger partial charge < -0.3 is 14.2 Å². The third kappa shape index (κ3) is 4.87. The number of hydrogen-bond donors (Lipinski definition) is 2. The largest absolute Gasteiger partial charge is 0.497 e. The Kier molecular flexibility index (Phi) is 6.22. The van der Waals surface area contributed by atoms with E-state index in [0.29, 0.717) is 17.2 Å². The molecule has 0 radical (unpaired) electrons. The molecule has 0 atom stereocenters. The second-order valence-corrected chi connectivity index (χ2v) is 5.12. The molecule has 0 spiro atoms. The average molecular weight is 344 g/mol. The predicted octanol–water partition coefficient (Wildman–Crippen LogP) is 1.85. The van der Waals surface area contributed by atoms with Crippen molar-refractivity contribution in [2.75, 3.05) is 20.8 Å². The molecule has 0 fully saturated rings. The minimum absolute atomic E-state index is 0.217. The SMILES string of the molecule is COc1ccc(C(=O)NNC(=O)COc2ccccc2C)c(OC)c1. The minimum atomic E-state index is -0.510. The van der Waals surface area contributed by atoms with Crippen LogP contribution in [0, 0.1) is 6.92 Å². The van der Waals surface area contributed by atoms with E-state index in [9.17, 15) is 9.59 Å². The van der Waals surface area contributed by atoms with Gasteiger partial charge in [0.15, 0.2) is 6.61 Å². The zero-order chi connectivity index (χ0) is 18.2. The van der Waals surface area contributed by atoms with Crippen LogP contribution in [0.2, 0.25) is 0 Å². The number of benzene rings is 2. The van der Waals surface area contributed by atoms with Crippen molar-refractivity contribution >= 4 is 11.8 Å². The Balaban J connectivity index is 1.89. The van der Waals surface area contributed by atoms with Crippen molar-refractivity contribution < 1.29 is 23.8 Å². The fourth-order valence-corrected chi connectivity index (χ4v) is 2.08. The molecule has 7 nitrogen and oxygen atoms in total. The average Bonchev–Trinajstić information content (AvgIpc) is 2.64. The quantitative estimate of drug-likeness (QED) is 0.781. The molecular formula is C18H20N2O5. The summed E-state index contributed by atoms with van der Waals surface area (Å²) >= 11 is 0. The van der Waals surface area contributed by atoms with E-state index >= 15 is 0 Å². The van der Waals surface area contributed by atoms with Gasteiger partial charge in [-0.25, -0.2) is 0 Å². The highest BCUT2D eigenvalue weighted by Crippen LogP contribution is 2.24. The molecule has 0 aliphatic carbocycles. The highest BCUT2D eigenvalue weighted by molar-refractivity contribution is 5.98. The zero-order valence-electron chi connectivity index (χ0n) is 14.3. The van der Waals surface area contributed by atoms with Crippen LogP contribution < -0.4 is 25.1 Å². The van der Waals surface area contributed by atoms with Crippen LogP contribution >= 0.6 is 0 Å². The van der Waals surface area contributed by atoms with Gasteiger partial charge in [0.1, 0.15) is 17.2 Å². The fraction of sp³-hybridized carbons (Fsp3) is 0.222. The van der Waals surface area contributed by atoms with E-state index < -0.39 is 11.8 Å². The maximum atomic E-state index is 12.2. The second-order valence-electron chi connectivity index (χ2n) is 5.12. The Hall–Kier alpha value is -3.22. The Morgan fingerprint density at radius 2 is 1.72 bits per heavy atom. The number of para-hydroxylation sites is 1. The third-order valence-corrected chi connectivity index (χ3v) is 3.42. The van der Waals surface area contributed by atoms with Gasteiger partial charge in [-0.1, -0.05) is 18.2 Å². The van der Waals surface area contributed by atoms with Crippen molar-refractivity contribution in [3.63, 3.8) is 0 Å². The van der Waals surface area contributed by atoms with Crippen LogP contribution in [0.15, 0.2) is 42.5 Å². The maximum Gasteiger partial charge on any atom is 0.276 e. The van der Waals surface area contributed by atoms with Gasteiger partial charge in [-0.05, 0) is 30.7 Å². The highest BCUT2D eigenvalue weighted by Gasteiger charge is 2.14. The summed E-state index contributed by atoms with van der Waals surface area (Å²) in [6.07, 6.45) is 0. The van der Waals surface area contributed by atoms with Crippen LogP contribution in [-0.2, 0) is 4.79 Å². The first-order valence-electron chi connectivity index (χ1n) is 7.54. The van der Waals surface area contributed by atoms with E-state index in [1.807, 2.05) is 25.1 Å². The molecule has 2 rings (SSSR count). The van der Waals surface area contributed by atoms with Crippen LogP contribution in [-0.4, -0.2) is 32.6 Å². The zero-order valence-corrected chi connectivity index (χ0v) is 14.3. The number of aryl methyl sites for hydroxylation is 1. The molecule has 0 aliphatic heterocycles. The number of nitrogens with one attached hydrogen (secondary N) is 2. The van der Waals surface area contributed by atoms with Gasteiger partial charge in [0.25, 0.3) is 11.8 Å². The van der Waals surface area contributed by atoms with Gasteiger partial charge in [-0.15, -0.1) is 0 Å². The summed E-state index contributed by atoms with van der Waals surface area (Å²) in [4.78, 5) is 24.0. The van der Waals surface area contributed by atoms with Gasteiger partial charge in [0.05, 0.1) is 19.8 Å². The van der Waals surface area contributed by atoms with Gasteiger partial charge in [-0.3, -0.25) is 20.4 Å². The van der Waals surface area contributed by atoms with E-state index in [1.165, 1.54) is 14.2 Å². The van der Waals surface area contributed by atoms with Crippen molar-refractivity contribution in [2.24, 2.45) is 0 Å². The molecule has 2 N–H and O–H groups in total. The van der Waals surface area contributed by atoms with Crippen LogP contribution in [0.25, 0.3) is 0 Å². The van der Waals surface area contributed by atoms with E-state index in [2.05, 4.69) is 10.9 Å². The van der Waals surface area contributed by atoms with Crippen LogP contribution in [0.5, 0.6) is 17.2 Å². The van der Waals surface area contributed by atoms with Gasteiger partial charge in [0.2, 0.25) is 0 Å². The number of carbonyl (C=O) groups excluding carboxylic acids is 2. The Labute approximate surface area is 145 Å². The summed E-state index contributed by atoms with van der Waals surface area (Å²) in [7, 11) is 2.96. The number of rotatable bonds is 6. The lowest BCUT2D eigenvalue weighted by Crippen LogP contribution is -2.43. The van der Waals surface area contributed by atoms with Crippen molar-refractivity contribution in [3.05, 3.63) is 53.6 Å². The van der Waals surface area contributed by atoms with Crippen molar-refractivity contribution in [1.29, 1.82) is 0 Å². The van der Waals surface area contributed by atoms with Gasteiger partial charge in [-0.2, -0.15) is 0 Å². The standard InChI is InChI=1S/C18H20N2O5/c1-12-6-4-5-7-15(12)25-11-17(21)19-20-18(22)14-9-8-13(23-2)10-16(14)24-3/h4-10H,11H2,1-3H3,(H,19,21)(H,20,22). The molecule has 25 heavy (non-hydrogen) atoms. The minimum Gasteiger partial charge on any atom is -0.497 e. The van der Waals surface area contributed by atoms with E-state index in [1.54, 1.807) is 24.3 Å². The Morgan fingerprint density at radius 3 is 2.40 bits per heavy atom. The van der Waals surface area contributed by atoms with Crippen LogP contribution in [0.4, 0.5) is 0 Å². The molecule has 2 amide bonds. The van der Waals surface area contributed by atoms with Gasteiger partial charge in [0, 0.05) is 6.07 Å². The molecule has 0 aromatic heterocycles. The predicted molar refractivity (Wildman–Crippen MR) is 91.8 cm³/mol. The summed E-state index contributed by atoms with van der Waals surface area (Å²) in [5.41, 5.74) is 5.81. The first-order valence-corrected chi connectivity index (χ1v) is 7.54. The van der Waals surface area contributed by atoms with E-state index in [0.717, 1.165) is 5.56 Å². The lowest BCUT2D eigenvalue weighted by molar-refractivity contribution is -0.123. The number of carbonyl (C=O) groups is 2. The van der Waals surface area contributed by atoms with E-state index in [4.69, 9.17) is 14.2 Å². The summed E-state index contributed by atoms with van der Waals surface area (Å²) in [5, 5.41) is 0. The lowest BCUT2D eigenvalue weighted by atomic mass is 10.2.